The molecule has 72 heavy (non-hydrogen) atoms. The average molecular weight is 1030 g/mol. The van der Waals surface area contributed by atoms with Crippen LogP contribution in [-0.4, -0.2) is 98.8 Å². The quantitative estimate of drug-likeness (QED) is 0.0949. The van der Waals surface area contributed by atoms with Crippen molar-refractivity contribution in [1.82, 2.24) is 50.0 Å². The number of halogens is 1. The summed E-state index contributed by atoms with van der Waals surface area (Å²) >= 11 is 9.54. The first-order valence-electron chi connectivity index (χ1n) is 24.2. The lowest BCUT2D eigenvalue weighted by Gasteiger charge is -2.35. The summed E-state index contributed by atoms with van der Waals surface area (Å²) in [6.45, 7) is 13.9. The summed E-state index contributed by atoms with van der Waals surface area (Å²) in [6, 6.07) is 16.8. The van der Waals surface area contributed by atoms with Crippen LogP contribution in [0.15, 0.2) is 89.8 Å². The third-order valence-electron chi connectivity index (χ3n) is 14.0. The maximum absolute atomic E-state index is 14.4. The van der Waals surface area contributed by atoms with Crippen LogP contribution in [0.4, 0.5) is 0 Å². The number of carbonyl (C=O) groups is 3. The van der Waals surface area contributed by atoms with Crippen molar-refractivity contribution in [2.45, 2.75) is 117 Å². The second-order valence-corrected chi connectivity index (χ2v) is 21.9. The van der Waals surface area contributed by atoms with Gasteiger partial charge in [0.1, 0.15) is 35.1 Å². The largest absolute Gasteiger partial charge is 0.474 e. The van der Waals surface area contributed by atoms with E-state index in [2.05, 4.69) is 49.7 Å². The van der Waals surface area contributed by atoms with E-state index >= 15 is 0 Å². The average Bonchev–Trinajstić information content (AvgIpc) is 4.19. The van der Waals surface area contributed by atoms with Crippen LogP contribution in [0.1, 0.15) is 109 Å². The van der Waals surface area contributed by atoms with Gasteiger partial charge in [-0.25, -0.2) is 9.97 Å². The number of benzene rings is 2. The molecule has 7 heterocycles. The number of rotatable bonds is 14. The summed E-state index contributed by atoms with van der Waals surface area (Å²) in [5.74, 6) is 0.851. The summed E-state index contributed by atoms with van der Waals surface area (Å²) in [6.07, 6.45) is 5.63. The zero-order valence-electron chi connectivity index (χ0n) is 41.0. The van der Waals surface area contributed by atoms with Crippen LogP contribution in [0.25, 0.3) is 26.6 Å². The molecule has 372 valence electrons. The van der Waals surface area contributed by atoms with Gasteiger partial charge in [-0.2, -0.15) is 5.10 Å². The zero-order valence-corrected chi connectivity index (χ0v) is 43.4. The number of nitrogens with zero attached hydrogens (tertiary/aromatic N) is 9. The van der Waals surface area contributed by atoms with E-state index in [0.717, 1.165) is 66.1 Å². The van der Waals surface area contributed by atoms with Crippen LogP contribution in [0.2, 0.25) is 5.02 Å². The number of aryl methyl sites for hydroxylation is 3. The highest BCUT2D eigenvalue weighted by atomic mass is 35.5. The number of β-amino-alcohol motifs (C(OH)–C–C–N with tert-alkyl or cyclic N) is 1. The highest BCUT2D eigenvalue weighted by molar-refractivity contribution is 7.15. The van der Waals surface area contributed by atoms with E-state index in [1.165, 1.54) is 9.78 Å². The predicted octanol–water partition coefficient (Wildman–Crippen LogP) is 8.64. The summed E-state index contributed by atoms with van der Waals surface area (Å²) in [4.78, 5) is 59.9. The molecule has 16 nitrogen and oxygen atoms in total. The molecule has 0 radical (unpaired) electrons. The molecule has 19 heteroatoms. The molecule has 3 aliphatic rings. The predicted molar refractivity (Wildman–Crippen MR) is 278 cm³/mol. The number of hydrogen-bond acceptors (Lipinski definition) is 13. The Kier molecular flexibility index (Phi) is 13.7. The SMILES string of the molecule is Cc1ncsc1-c1ccc([C@H](C)NC(=O)[C@@H]2C[C@@H](O)CN2C(=O)[C@@H](C(C)C)n2cc(-c3ccnc(O[C@H]4C[C@H](NC(=O)C[C@@H]5N=C(c6ccc(Cl)cc6)c6c(sc(C)c6C)-n6c(C)nnc65)C4)c3)cn2)cc1. The minimum Gasteiger partial charge on any atom is -0.474 e. The molecule has 3 amide bonds. The van der Waals surface area contributed by atoms with Crippen molar-refractivity contribution in [3.8, 4) is 32.4 Å². The van der Waals surface area contributed by atoms with E-state index in [0.29, 0.717) is 29.6 Å². The maximum Gasteiger partial charge on any atom is 0.248 e. The number of amides is 3. The van der Waals surface area contributed by atoms with Gasteiger partial charge >= 0.3 is 0 Å². The molecule has 0 bridgehead atoms. The summed E-state index contributed by atoms with van der Waals surface area (Å²) < 4.78 is 10.00. The van der Waals surface area contributed by atoms with E-state index in [-0.39, 0.29) is 61.2 Å². The van der Waals surface area contributed by atoms with Crippen molar-refractivity contribution in [3.63, 3.8) is 0 Å². The first kappa shape index (κ1) is 49.0. The van der Waals surface area contributed by atoms with Crippen LogP contribution >= 0.6 is 34.3 Å². The molecule has 10 rings (SSSR count). The van der Waals surface area contributed by atoms with Gasteiger partial charge in [0.15, 0.2) is 5.82 Å². The molecule has 5 atom stereocenters. The molecule has 1 saturated heterocycles. The van der Waals surface area contributed by atoms with Crippen LogP contribution in [0.3, 0.4) is 0 Å². The third kappa shape index (κ3) is 9.72. The number of thiophene rings is 1. The van der Waals surface area contributed by atoms with Gasteiger partial charge in [0, 0.05) is 76.9 Å². The maximum atomic E-state index is 14.4. The van der Waals surface area contributed by atoms with Crippen LogP contribution in [0, 0.1) is 33.6 Å². The fourth-order valence-corrected chi connectivity index (χ4v) is 12.1. The molecule has 0 spiro atoms. The number of fused-ring (bicyclic) bond motifs is 3. The fraction of sp³-hybridized carbons (Fsp3) is 0.377. The summed E-state index contributed by atoms with van der Waals surface area (Å²) in [7, 11) is 0. The minimum absolute atomic E-state index is 0.0447. The van der Waals surface area contributed by atoms with E-state index in [4.69, 9.17) is 21.3 Å². The van der Waals surface area contributed by atoms with Crippen LogP contribution in [0.5, 0.6) is 5.88 Å². The van der Waals surface area contributed by atoms with Gasteiger partial charge in [-0.05, 0) is 81.0 Å². The molecule has 1 aliphatic carbocycles. The number of aliphatic hydroxyl groups excluding tert-OH is 1. The van der Waals surface area contributed by atoms with E-state index in [1.54, 1.807) is 39.7 Å². The van der Waals surface area contributed by atoms with Crippen molar-refractivity contribution in [3.05, 3.63) is 134 Å². The van der Waals surface area contributed by atoms with E-state index in [9.17, 15) is 19.5 Å². The molecular weight excluding hydrogens is 970 g/mol. The first-order valence-corrected chi connectivity index (χ1v) is 26.3. The zero-order chi connectivity index (χ0) is 50.5. The first-order chi connectivity index (χ1) is 34.6. The van der Waals surface area contributed by atoms with Gasteiger partial charge in [0.05, 0.1) is 46.6 Å². The smallest absolute Gasteiger partial charge is 0.248 e. The number of nitrogens with one attached hydrogen (secondary N) is 2. The number of aliphatic imine (C=N–C) groups is 1. The lowest BCUT2D eigenvalue weighted by molar-refractivity contribution is -0.142. The standard InChI is InChI=1S/C53H56ClN11O5S2/c1-27(2)48(52(69)63-25-40(66)21-43(63)51(68)58-29(4)33-8-10-35(11-9-33)49-30(5)56-26-71-49)64-24-37(23-57-64)36-16-17-55-45(18-36)70-41-19-39(20-41)59-44(67)22-42-50-62-61-32(7)65(50)53-46(28(3)31(6)72-53)47(60-42)34-12-14-38(54)15-13-34/h8-18,23-24,26-27,29,39-43,48,66H,19-22,25H2,1-7H3,(H,58,68)(H,59,67)/t29-,39-,40+,41-,42-,43-,48+/m0/s1. The Morgan fingerprint density at radius 3 is 2.39 bits per heavy atom. The van der Waals surface area contributed by atoms with Gasteiger partial charge in [-0.15, -0.1) is 32.9 Å². The molecule has 3 N–H and O–H groups in total. The van der Waals surface area contributed by atoms with Crippen molar-refractivity contribution in [2.75, 3.05) is 6.54 Å². The Bertz CT molecular complexity index is 3190. The molecule has 7 aromatic rings. The van der Waals surface area contributed by atoms with Crippen LogP contribution < -0.4 is 15.4 Å². The molecule has 0 unspecified atom stereocenters. The minimum atomic E-state index is -0.842. The lowest BCUT2D eigenvalue weighted by atomic mass is 9.89. The van der Waals surface area contributed by atoms with Gasteiger partial charge in [0.2, 0.25) is 23.6 Å². The number of hydrogen-bond donors (Lipinski definition) is 3. The molecule has 2 fully saturated rings. The van der Waals surface area contributed by atoms with Crippen molar-refractivity contribution >= 4 is 57.7 Å². The second kappa shape index (κ2) is 20.1. The summed E-state index contributed by atoms with van der Waals surface area (Å²) in [5.41, 5.74) is 10.2. The molecule has 2 aromatic carbocycles. The number of carbonyl (C=O) groups excluding carboxylic acids is 3. The number of likely N-dealkylation sites (tertiary alicyclic amines) is 1. The Hall–Kier alpha value is -6.60. The third-order valence-corrected chi connectivity index (χ3v) is 16.4. The van der Waals surface area contributed by atoms with Crippen LogP contribution in [-0.2, 0) is 14.4 Å². The van der Waals surface area contributed by atoms with Gasteiger partial charge < -0.3 is 25.4 Å². The number of aromatic nitrogens is 7. The topological polar surface area (TPSA) is 195 Å². The number of aliphatic hydroxyl groups is 1. The van der Waals surface area contributed by atoms with Crippen molar-refractivity contribution in [1.29, 1.82) is 0 Å². The Balaban J connectivity index is 0.762. The highest BCUT2D eigenvalue weighted by Gasteiger charge is 2.43. The molecule has 5 aromatic heterocycles. The fourth-order valence-electron chi connectivity index (χ4n) is 9.91. The Labute approximate surface area is 430 Å². The van der Waals surface area contributed by atoms with Gasteiger partial charge in [-0.3, -0.25) is 28.6 Å². The molecule has 2 aliphatic heterocycles. The normalized spacial score (nSPS) is 20.2. The Morgan fingerprint density at radius 1 is 0.917 bits per heavy atom. The number of ether oxygens (including phenoxy) is 1. The van der Waals surface area contributed by atoms with Gasteiger partial charge in [-0.1, -0.05) is 61.8 Å². The Morgan fingerprint density at radius 2 is 1.67 bits per heavy atom. The van der Waals surface area contributed by atoms with Gasteiger partial charge in [0.25, 0.3) is 0 Å². The van der Waals surface area contributed by atoms with Crippen molar-refractivity contribution < 1.29 is 24.2 Å². The monoisotopic (exact) mass is 1030 g/mol. The summed E-state index contributed by atoms with van der Waals surface area (Å²) in [5, 5.41) is 32.3. The number of pyridine rings is 1. The number of thiazole rings is 1. The van der Waals surface area contributed by atoms with E-state index < -0.39 is 24.2 Å². The van der Waals surface area contributed by atoms with Crippen molar-refractivity contribution in [2.24, 2.45) is 10.9 Å². The highest BCUT2D eigenvalue weighted by Crippen LogP contribution is 2.40. The van der Waals surface area contributed by atoms with E-state index in [1.807, 2.05) is 112 Å². The lowest BCUT2D eigenvalue weighted by Crippen LogP contribution is -2.49. The molecule has 1 saturated carbocycles. The molecular formula is C53H56ClN11O5S2. The second-order valence-electron chi connectivity index (χ2n) is 19.4.